The zero-order valence-electron chi connectivity index (χ0n) is 16.9. The molecule has 0 radical (unpaired) electrons. The monoisotopic (exact) mass is 480 g/mol. The second kappa shape index (κ2) is 8.31. The lowest BCUT2D eigenvalue weighted by atomic mass is 10.0. The SMILES string of the molecule is COc1ncc(Cl)c(C(O)c2cc3c(C)cc(C(F)(F)F)cc3n2-c2ccccc2)c1Cl. The van der Waals surface area contributed by atoms with Crippen LogP contribution in [-0.4, -0.2) is 21.8 Å². The zero-order valence-corrected chi connectivity index (χ0v) is 18.4. The topological polar surface area (TPSA) is 47.3 Å². The van der Waals surface area contributed by atoms with Crippen LogP contribution in [0.5, 0.6) is 5.88 Å². The van der Waals surface area contributed by atoms with Gasteiger partial charge in [0, 0.05) is 16.6 Å². The number of rotatable bonds is 4. The highest BCUT2D eigenvalue weighted by Crippen LogP contribution is 2.42. The van der Waals surface area contributed by atoms with Gasteiger partial charge in [-0.05, 0) is 42.8 Å². The minimum atomic E-state index is -4.52. The van der Waals surface area contributed by atoms with Gasteiger partial charge in [-0.15, -0.1) is 0 Å². The summed E-state index contributed by atoms with van der Waals surface area (Å²) in [5.41, 5.74) is 0.955. The molecule has 0 fully saturated rings. The maximum absolute atomic E-state index is 13.5. The van der Waals surface area contributed by atoms with Gasteiger partial charge in [-0.2, -0.15) is 13.2 Å². The molecular formula is C23H17Cl2F3N2O2. The molecule has 1 atom stereocenters. The van der Waals surface area contributed by atoms with E-state index in [0.29, 0.717) is 27.8 Å². The first-order valence-corrected chi connectivity index (χ1v) is 10.2. The van der Waals surface area contributed by atoms with Gasteiger partial charge in [0.25, 0.3) is 0 Å². The van der Waals surface area contributed by atoms with Crippen molar-refractivity contribution in [3.05, 3.63) is 87.2 Å². The maximum atomic E-state index is 13.5. The molecule has 4 nitrogen and oxygen atoms in total. The molecule has 2 aromatic carbocycles. The highest BCUT2D eigenvalue weighted by molar-refractivity contribution is 6.36. The second-order valence-electron chi connectivity index (χ2n) is 7.21. The molecule has 166 valence electrons. The average Bonchev–Trinajstić information content (AvgIpc) is 3.14. The number of para-hydroxylation sites is 1. The van der Waals surface area contributed by atoms with Gasteiger partial charge in [-0.1, -0.05) is 41.4 Å². The molecule has 0 amide bonds. The Hall–Kier alpha value is -2.74. The summed E-state index contributed by atoms with van der Waals surface area (Å²) >= 11 is 12.7. The first-order valence-electron chi connectivity index (χ1n) is 9.48. The van der Waals surface area contributed by atoms with Gasteiger partial charge >= 0.3 is 6.18 Å². The fraction of sp³-hybridized carbons (Fsp3) is 0.174. The Bertz CT molecular complexity index is 1300. The number of aromatic nitrogens is 2. The number of aliphatic hydroxyl groups is 1. The number of aryl methyl sites for hydroxylation is 1. The molecule has 0 saturated carbocycles. The van der Waals surface area contributed by atoms with Crippen molar-refractivity contribution in [3.8, 4) is 11.6 Å². The molecule has 9 heteroatoms. The number of methoxy groups -OCH3 is 1. The molecule has 32 heavy (non-hydrogen) atoms. The molecular weight excluding hydrogens is 464 g/mol. The lowest BCUT2D eigenvalue weighted by molar-refractivity contribution is -0.137. The third kappa shape index (κ3) is 3.81. The standard InChI is InChI=1S/C23H17Cl2F3N2O2/c1-12-8-13(23(26,27)28)9-17-15(12)10-18(30(17)14-6-4-3-5-7-14)21(31)19-16(24)11-29-22(32-2)20(19)25/h3-11,21,31H,1-2H3. The Morgan fingerprint density at radius 2 is 1.78 bits per heavy atom. The van der Waals surface area contributed by atoms with Crippen LogP contribution < -0.4 is 4.74 Å². The van der Waals surface area contributed by atoms with Crippen molar-refractivity contribution in [2.75, 3.05) is 7.11 Å². The van der Waals surface area contributed by atoms with Gasteiger partial charge < -0.3 is 14.4 Å². The lowest BCUT2D eigenvalue weighted by Crippen LogP contribution is -2.10. The first kappa shape index (κ1) is 22.5. The second-order valence-corrected chi connectivity index (χ2v) is 7.99. The van der Waals surface area contributed by atoms with E-state index >= 15 is 0 Å². The van der Waals surface area contributed by atoms with Gasteiger partial charge in [0.15, 0.2) is 0 Å². The molecule has 2 aromatic heterocycles. The summed E-state index contributed by atoms with van der Waals surface area (Å²) in [6.45, 7) is 1.60. The van der Waals surface area contributed by atoms with Crippen molar-refractivity contribution < 1.29 is 23.0 Å². The predicted octanol–water partition coefficient (Wildman–Crippen LogP) is 6.75. The minimum absolute atomic E-state index is 0.0186. The Balaban J connectivity index is 2.05. The van der Waals surface area contributed by atoms with E-state index in [4.69, 9.17) is 27.9 Å². The predicted molar refractivity (Wildman–Crippen MR) is 118 cm³/mol. The molecule has 1 unspecified atom stereocenters. The molecule has 0 spiro atoms. The summed E-state index contributed by atoms with van der Waals surface area (Å²) in [4.78, 5) is 3.98. The van der Waals surface area contributed by atoms with Gasteiger partial charge in [0.05, 0.1) is 35.1 Å². The third-order valence-corrected chi connectivity index (χ3v) is 5.89. The molecule has 0 aliphatic carbocycles. The number of halogens is 5. The van der Waals surface area contributed by atoms with Crippen LogP contribution >= 0.6 is 23.2 Å². The normalized spacial score (nSPS) is 12.9. The lowest BCUT2D eigenvalue weighted by Gasteiger charge is -2.19. The third-order valence-electron chi connectivity index (χ3n) is 5.22. The number of fused-ring (bicyclic) bond motifs is 1. The number of hydrogen-bond donors (Lipinski definition) is 1. The van der Waals surface area contributed by atoms with Crippen LogP contribution in [0, 0.1) is 6.92 Å². The van der Waals surface area contributed by atoms with Crippen LogP contribution in [-0.2, 0) is 6.18 Å². The van der Waals surface area contributed by atoms with Crippen LogP contribution in [0.2, 0.25) is 10.0 Å². The van der Waals surface area contributed by atoms with Gasteiger partial charge in [0.1, 0.15) is 11.1 Å². The minimum Gasteiger partial charge on any atom is -0.480 e. The molecule has 1 N–H and O–H groups in total. The Morgan fingerprint density at radius 3 is 2.41 bits per heavy atom. The zero-order chi connectivity index (χ0) is 23.2. The number of nitrogens with zero attached hydrogens (tertiary/aromatic N) is 2. The molecule has 4 aromatic rings. The van der Waals surface area contributed by atoms with Crippen molar-refractivity contribution in [1.82, 2.24) is 9.55 Å². The smallest absolute Gasteiger partial charge is 0.416 e. The molecule has 4 rings (SSSR count). The number of ether oxygens (including phenoxy) is 1. The molecule has 0 aliphatic rings. The van der Waals surface area contributed by atoms with Gasteiger partial charge in [0.2, 0.25) is 5.88 Å². The summed E-state index contributed by atoms with van der Waals surface area (Å²) < 4.78 is 47.3. The molecule has 0 bridgehead atoms. The quantitative estimate of drug-likeness (QED) is 0.351. The van der Waals surface area contributed by atoms with Crippen molar-refractivity contribution in [3.63, 3.8) is 0 Å². The Kier molecular flexibility index (Phi) is 5.83. The van der Waals surface area contributed by atoms with Crippen molar-refractivity contribution in [2.24, 2.45) is 0 Å². The van der Waals surface area contributed by atoms with Crippen LogP contribution in [0.25, 0.3) is 16.6 Å². The fourth-order valence-electron chi connectivity index (χ4n) is 3.74. The summed E-state index contributed by atoms with van der Waals surface area (Å²) in [7, 11) is 1.38. The molecule has 0 aliphatic heterocycles. The van der Waals surface area contributed by atoms with Crippen molar-refractivity contribution in [1.29, 1.82) is 0 Å². The number of aliphatic hydroxyl groups excluding tert-OH is 1. The number of alkyl halides is 3. The van der Waals surface area contributed by atoms with E-state index in [-0.39, 0.29) is 21.5 Å². The van der Waals surface area contributed by atoms with Gasteiger partial charge in [-0.25, -0.2) is 4.98 Å². The Morgan fingerprint density at radius 1 is 1.09 bits per heavy atom. The van der Waals surface area contributed by atoms with Crippen LogP contribution in [0.1, 0.15) is 28.5 Å². The van der Waals surface area contributed by atoms with E-state index in [1.807, 2.05) is 0 Å². The molecule has 2 heterocycles. The van der Waals surface area contributed by atoms with Crippen molar-refractivity contribution >= 4 is 34.1 Å². The van der Waals surface area contributed by atoms with E-state index in [9.17, 15) is 18.3 Å². The van der Waals surface area contributed by atoms with E-state index in [1.165, 1.54) is 13.3 Å². The van der Waals surface area contributed by atoms with Crippen molar-refractivity contribution in [2.45, 2.75) is 19.2 Å². The van der Waals surface area contributed by atoms with E-state index in [0.717, 1.165) is 12.1 Å². The van der Waals surface area contributed by atoms with E-state index in [2.05, 4.69) is 4.98 Å². The summed E-state index contributed by atoms with van der Waals surface area (Å²) in [6, 6.07) is 12.6. The highest BCUT2D eigenvalue weighted by Gasteiger charge is 2.33. The van der Waals surface area contributed by atoms with E-state index in [1.54, 1.807) is 47.9 Å². The average molecular weight is 481 g/mol. The first-order chi connectivity index (χ1) is 15.1. The van der Waals surface area contributed by atoms with Crippen LogP contribution in [0.3, 0.4) is 0 Å². The number of pyridine rings is 1. The molecule has 0 saturated heterocycles. The highest BCUT2D eigenvalue weighted by atomic mass is 35.5. The van der Waals surface area contributed by atoms with Gasteiger partial charge in [-0.3, -0.25) is 0 Å². The fourth-order valence-corrected chi connectivity index (χ4v) is 4.36. The van der Waals surface area contributed by atoms with Crippen LogP contribution in [0.15, 0.2) is 54.7 Å². The summed E-state index contributed by atoms with van der Waals surface area (Å²) in [5.74, 6) is 0.0722. The van der Waals surface area contributed by atoms with E-state index < -0.39 is 17.8 Å². The number of hydrogen-bond acceptors (Lipinski definition) is 3. The van der Waals surface area contributed by atoms with Crippen LogP contribution in [0.4, 0.5) is 13.2 Å². The Labute approximate surface area is 191 Å². The maximum Gasteiger partial charge on any atom is 0.416 e. The summed E-state index contributed by atoms with van der Waals surface area (Å²) in [6.07, 6.45) is -4.59. The summed E-state index contributed by atoms with van der Waals surface area (Å²) in [5, 5.41) is 12.0. The number of benzene rings is 2. The largest absolute Gasteiger partial charge is 0.480 e.